The lowest BCUT2D eigenvalue weighted by molar-refractivity contribution is -0.316. The van der Waals surface area contributed by atoms with Crippen LogP contribution in [-0.2, 0) is 110 Å². The van der Waals surface area contributed by atoms with Crippen molar-refractivity contribution in [3.8, 4) is 0 Å². The Morgan fingerprint density at radius 3 is 1.16 bits per heavy atom. The van der Waals surface area contributed by atoms with E-state index in [1.165, 1.54) is 0 Å². The third-order valence-electron chi connectivity index (χ3n) is 6.98. The summed E-state index contributed by atoms with van der Waals surface area (Å²) in [7, 11) is 0. The second kappa shape index (κ2) is 22.6. The molecule has 1 aliphatic heterocycles. The molecule has 0 amide bonds. The molecule has 1 heterocycles. The molecule has 1 aliphatic rings. The molecular weight excluding hydrogens is 776 g/mol. The minimum Gasteiger partial charge on any atom is -0.462 e. The van der Waals surface area contributed by atoms with E-state index in [1.807, 2.05) is 0 Å². The maximum atomic E-state index is 12.9. The number of hydrogen-bond acceptors (Lipinski definition) is 23. The van der Waals surface area contributed by atoms with Gasteiger partial charge in [-0.25, -0.2) is 0 Å². The van der Waals surface area contributed by atoms with E-state index in [0.717, 1.165) is 76.2 Å². The van der Waals surface area contributed by atoms with Gasteiger partial charge in [0.25, 0.3) is 0 Å². The standard InChI is InChI=1S/C34H46O23/c1-13(35)46-12-24(47-14(2)36)25(48-15(3)37)26(49-16(4)38)27(50-17(5)39)28(51-18(6)40)29(52-19(7)41)31-30(53-20(8)42)32(54-21(9)43)33(55-22(10)44)34(57-31)56-23(11)45/h24-34H,12H2,1-11H3/t24-,25-,26+,27+,28-,29-,30-,31-,32+,33+,34-/m1/s1. The highest BCUT2D eigenvalue weighted by Gasteiger charge is 2.60. The average Bonchev–Trinajstić information content (AvgIpc) is 3.02. The number of carbonyl (C=O) groups is 11. The molecule has 1 fully saturated rings. The molecule has 1 rings (SSSR count). The molecule has 57 heavy (non-hydrogen) atoms. The van der Waals surface area contributed by atoms with Crippen molar-refractivity contribution >= 4 is 65.7 Å². The Balaban J connectivity index is 4.45. The topological polar surface area (TPSA) is 299 Å². The fourth-order valence-electron chi connectivity index (χ4n) is 5.53. The summed E-state index contributed by atoms with van der Waals surface area (Å²) in [5, 5.41) is 0. The Morgan fingerprint density at radius 1 is 0.386 bits per heavy atom. The highest BCUT2D eigenvalue weighted by atomic mass is 16.8. The molecule has 0 aliphatic carbocycles. The van der Waals surface area contributed by atoms with E-state index in [0.29, 0.717) is 0 Å². The molecule has 0 spiro atoms. The lowest BCUT2D eigenvalue weighted by Gasteiger charge is -2.47. The second-order valence-electron chi connectivity index (χ2n) is 12.1. The molecule has 0 aromatic heterocycles. The largest absolute Gasteiger partial charge is 0.462 e. The van der Waals surface area contributed by atoms with Crippen LogP contribution in [0.15, 0.2) is 0 Å². The summed E-state index contributed by atoms with van der Waals surface area (Å²) in [4.78, 5) is 137. The van der Waals surface area contributed by atoms with Crippen LogP contribution >= 0.6 is 0 Å². The minimum atomic E-state index is -2.34. The summed E-state index contributed by atoms with van der Waals surface area (Å²) < 4.78 is 65.0. The fourth-order valence-corrected chi connectivity index (χ4v) is 5.53. The predicted octanol–water partition coefficient (Wildman–Crippen LogP) is -0.777. The van der Waals surface area contributed by atoms with Crippen molar-refractivity contribution in [1.29, 1.82) is 0 Å². The van der Waals surface area contributed by atoms with Crippen molar-refractivity contribution in [2.24, 2.45) is 0 Å². The van der Waals surface area contributed by atoms with Gasteiger partial charge < -0.3 is 56.8 Å². The van der Waals surface area contributed by atoms with Gasteiger partial charge in [0.05, 0.1) is 0 Å². The van der Waals surface area contributed by atoms with E-state index in [-0.39, 0.29) is 0 Å². The average molecular weight is 823 g/mol. The van der Waals surface area contributed by atoms with Crippen LogP contribution in [0.5, 0.6) is 0 Å². The Kier molecular flexibility index (Phi) is 19.5. The molecule has 0 aromatic carbocycles. The molecular formula is C34H46O23. The summed E-state index contributed by atoms with van der Waals surface area (Å²) in [6.45, 7) is 8.78. The van der Waals surface area contributed by atoms with Crippen LogP contribution in [0.2, 0.25) is 0 Å². The molecule has 0 N–H and O–H groups in total. The third kappa shape index (κ3) is 16.8. The Hall–Kier alpha value is -5.87. The van der Waals surface area contributed by atoms with Crippen LogP contribution < -0.4 is 0 Å². The highest BCUT2D eigenvalue weighted by molar-refractivity contribution is 5.71. The number of ether oxygens (including phenoxy) is 12. The van der Waals surface area contributed by atoms with E-state index < -0.39 is 140 Å². The van der Waals surface area contributed by atoms with Crippen LogP contribution in [0, 0.1) is 0 Å². The molecule has 1 saturated heterocycles. The molecule has 23 nitrogen and oxygen atoms in total. The lowest BCUT2D eigenvalue weighted by Crippen LogP contribution is -2.68. The van der Waals surface area contributed by atoms with E-state index in [1.54, 1.807) is 0 Å². The Bertz CT molecular complexity index is 1540. The van der Waals surface area contributed by atoms with E-state index in [4.69, 9.17) is 56.8 Å². The van der Waals surface area contributed by atoms with Gasteiger partial charge in [-0.15, -0.1) is 0 Å². The first-order valence-corrected chi connectivity index (χ1v) is 16.8. The van der Waals surface area contributed by atoms with Crippen molar-refractivity contribution in [2.75, 3.05) is 6.61 Å². The summed E-state index contributed by atoms with van der Waals surface area (Å²) in [5.74, 6) is -12.3. The molecule has 11 atom stereocenters. The zero-order chi connectivity index (χ0) is 43.9. The van der Waals surface area contributed by atoms with Gasteiger partial charge in [0, 0.05) is 76.2 Å². The number of hydrogen-bond donors (Lipinski definition) is 0. The minimum absolute atomic E-state index is 0.820. The van der Waals surface area contributed by atoms with Gasteiger partial charge in [-0.3, -0.25) is 52.7 Å². The fraction of sp³-hybridized carbons (Fsp3) is 0.676. The first-order chi connectivity index (χ1) is 26.3. The first-order valence-electron chi connectivity index (χ1n) is 16.8. The maximum Gasteiger partial charge on any atom is 0.305 e. The van der Waals surface area contributed by atoms with Crippen LogP contribution in [-0.4, -0.2) is 140 Å². The van der Waals surface area contributed by atoms with Gasteiger partial charge in [-0.1, -0.05) is 0 Å². The van der Waals surface area contributed by atoms with Gasteiger partial charge >= 0.3 is 65.7 Å². The van der Waals surface area contributed by atoms with Crippen molar-refractivity contribution in [2.45, 2.75) is 143 Å². The predicted molar refractivity (Wildman–Crippen MR) is 177 cm³/mol. The Labute approximate surface area is 325 Å². The summed E-state index contributed by atoms with van der Waals surface area (Å²) in [6, 6.07) is 0. The monoisotopic (exact) mass is 822 g/mol. The molecule has 0 saturated carbocycles. The Morgan fingerprint density at radius 2 is 0.754 bits per heavy atom. The van der Waals surface area contributed by atoms with E-state index in [9.17, 15) is 52.7 Å². The molecule has 0 bridgehead atoms. The quantitative estimate of drug-likeness (QED) is 0.121. The van der Waals surface area contributed by atoms with Gasteiger partial charge in [0.2, 0.25) is 12.4 Å². The smallest absolute Gasteiger partial charge is 0.305 e. The first kappa shape index (κ1) is 49.1. The van der Waals surface area contributed by atoms with Crippen LogP contribution in [0.25, 0.3) is 0 Å². The van der Waals surface area contributed by atoms with Gasteiger partial charge in [-0.05, 0) is 0 Å². The molecule has 0 unspecified atom stereocenters. The van der Waals surface area contributed by atoms with Crippen molar-refractivity contribution < 1.29 is 110 Å². The summed E-state index contributed by atoms with van der Waals surface area (Å²) >= 11 is 0. The van der Waals surface area contributed by atoms with E-state index in [2.05, 4.69) is 0 Å². The molecule has 23 heteroatoms. The van der Waals surface area contributed by atoms with Gasteiger partial charge in [-0.2, -0.15) is 0 Å². The summed E-state index contributed by atoms with van der Waals surface area (Å²) in [5.41, 5.74) is 0. The van der Waals surface area contributed by atoms with Crippen LogP contribution in [0.4, 0.5) is 0 Å². The van der Waals surface area contributed by atoms with Crippen LogP contribution in [0.1, 0.15) is 76.2 Å². The molecule has 320 valence electrons. The molecule has 0 aromatic rings. The SMILES string of the molecule is CC(=O)OC[C@@H](OC(C)=O)[C@@H](OC(C)=O)[C@H](OC(C)=O)[C@H](OC(C)=O)[C@@H](OC(C)=O)[C@@H](OC(C)=O)[C@H]1O[C@@H](OC(C)=O)[C@@H](OC(C)=O)[C@@H](OC(C)=O)[C@@H]1OC(C)=O. The van der Waals surface area contributed by atoms with Crippen molar-refractivity contribution in [3.05, 3.63) is 0 Å². The van der Waals surface area contributed by atoms with Crippen molar-refractivity contribution in [1.82, 2.24) is 0 Å². The van der Waals surface area contributed by atoms with Gasteiger partial charge in [0.1, 0.15) is 12.7 Å². The normalized spacial score (nSPS) is 21.8. The lowest BCUT2D eigenvalue weighted by atomic mass is 9.87. The van der Waals surface area contributed by atoms with Crippen molar-refractivity contribution in [3.63, 3.8) is 0 Å². The zero-order valence-corrected chi connectivity index (χ0v) is 32.9. The number of carbonyl (C=O) groups excluding carboxylic acids is 11. The number of rotatable bonds is 18. The van der Waals surface area contributed by atoms with Gasteiger partial charge in [0.15, 0.2) is 48.8 Å². The highest BCUT2D eigenvalue weighted by Crippen LogP contribution is 2.36. The number of esters is 11. The maximum absolute atomic E-state index is 12.9. The third-order valence-corrected chi connectivity index (χ3v) is 6.98. The summed E-state index contributed by atoms with van der Waals surface area (Å²) in [6.07, 6.45) is -23.3. The van der Waals surface area contributed by atoms with Crippen LogP contribution in [0.3, 0.4) is 0 Å². The second-order valence-corrected chi connectivity index (χ2v) is 12.1. The zero-order valence-electron chi connectivity index (χ0n) is 32.9. The van der Waals surface area contributed by atoms with E-state index >= 15 is 0 Å². The molecule has 0 radical (unpaired) electrons.